The van der Waals surface area contributed by atoms with Gasteiger partial charge in [-0.1, -0.05) is 6.07 Å². The summed E-state index contributed by atoms with van der Waals surface area (Å²) in [7, 11) is -7.35. The number of pyridine rings is 1. The van der Waals surface area contributed by atoms with E-state index in [1.165, 1.54) is 16.4 Å². The van der Waals surface area contributed by atoms with Crippen molar-refractivity contribution in [2.75, 3.05) is 15.8 Å². The molecule has 0 bridgehead atoms. The lowest BCUT2D eigenvalue weighted by molar-refractivity contribution is 0.0950. The third kappa shape index (κ3) is 4.61. The molecule has 39 heavy (non-hydrogen) atoms. The van der Waals surface area contributed by atoms with Crippen LogP contribution < -0.4 is 9.62 Å². The molecule has 0 radical (unpaired) electrons. The molecule has 1 N–H and O–H groups in total. The van der Waals surface area contributed by atoms with Crippen molar-refractivity contribution in [2.24, 2.45) is 5.92 Å². The molecule has 1 saturated heterocycles. The van der Waals surface area contributed by atoms with Crippen molar-refractivity contribution in [1.29, 1.82) is 0 Å². The van der Waals surface area contributed by atoms with Crippen LogP contribution in [0.1, 0.15) is 47.3 Å². The van der Waals surface area contributed by atoms with E-state index in [1.54, 1.807) is 36.5 Å². The Morgan fingerprint density at radius 2 is 1.77 bits per heavy atom. The Bertz CT molecular complexity index is 1630. The quantitative estimate of drug-likeness (QED) is 0.486. The molecule has 8 nitrogen and oxygen atoms in total. The standard InChI is InChI=1S/C28H28FN3O5S2/c29-21-7-9-23(10-8-21)39(36,37)32-25-11-6-20(27(33)31-18-22-3-1-2-14-30-22)17-24(25)28(26(32)19-4-5-19)12-15-38(34,35)16-13-28/h1-3,6-11,14,17,19,26H,4-5,12-13,15-16,18H2,(H,31,33). The Labute approximate surface area is 227 Å². The molecule has 2 aliphatic heterocycles. The van der Waals surface area contributed by atoms with E-state index >= 15 is 0 Å². The van der Waals surface area contributed by atoms with Crippen LogP contribution in [0.2, 0.25) is 0 Å². The minimum Gasteiger partial charge on any atom is -0.346 e. The van der Waals surface area contributed by atoms with Gasteiger partial charge in [-0.05, 0) is 91.8 Å². The summed E-state index contributed by atoms with van der Waals surface area (Å²) in [5, 5.41) is 2.87. The normalized spacial score (nSPS) is 21.5. The fourth-order valence-electron chi connectivity index (χ4n) is 6.10. The number of benzene rings is 2. The van der Waals surface area contributed by atoms with Crippen LogP contribution in [-0.4, -0.2) is 45.3 Å². The molecule has 1 aliphatic carbocycles. The summed E-state index contributed by atoms with van der Waals surface area (Å²) in [5.41, 5.74) is 1.47. The lowest BCUT2D eigenvalue weighted by Crippen LogP contribution is -2.52. The van der Waals surface area contributed by atoms with Crippen molar-refractivity contribution in [1.82, 2.24) is 10.3 Å². The molecule has 3 aromatic rings. The number of carbonyl (C=O) groups is 1. The molecule has 204 valence electrons. The summed E-state index contributed by atoms with van der Waals surface area (Å²) in [6.45, 7) is 0.232. The topological polar surface area (TPSA) is 114 Å². The smallest absolute Gasteiger partial charge is 0.264 e. The fourth-order valence-corrected chi connectivity index (χ4v) is 9.45. The summed E-state index contributed by atoms with van der Waals surface area (Å²) >= 11 is 0. The molecule has 3 heterocycles. The summed E-state index contributed by atoms with van der Waals surface area (Å²) in [6.07, 6.45) is 3.86. The number of nitrogens with one attached hydrogen (secondary N) is 1. The van der Waals surface area contributed by atoms with Crippen molar-refractivity contribution in [3.05, 3.63) is 89.5 Å². The third-order valence-corrected chi connectivity index (χ3v) is 11.6. The van der Waals surface area contributed by atoms with Gasteiger partial charge in [-0.3, -0.25) is 14.1 Å². The first-order chi connectivity index (χ1) is 18.6. The molecule has 1 saturated carbocycles. The van der Waals surface area contributed by atoms with E-state index in [-0.39, 0.29) is 47.6 Å². The lowest BCUT2D eigenvalue weighted by atomic mass is 9.70. The Kier molecular flexibility index (Phi) is 6.26. The molecular formula is C28H28FN3O5S2. The largest absolute Gasteiger partial charge is 0.346 e. The predicted octanol–water partition coefficient (Wildman–Crippen LogP) is 3.58. The number of amides is 1. The number of carbonyl (C=O) groups excluding carboxylic acids is 1. The Balaban J connectivity index is 1.44. The zero-order chi connectivity index (χ0) is 27.4. The van der Waals surface area contributed by atoms with Crippen LogP contribution in [0.15, 0.2) is 71.8 Å². The molecule has 1 atom stereocenters. The molecule has 1 amide bonds. The molecule has 6 rings (SSSR count). The maximum atomic E-state index is 14.1. The van der Waals surface area contributed by atoms with Crippen LogP contribution in [0.25, 0.3) is 0 Å². The minimum atomic E-state index is -4.10. The van der Waals surface area contributed by atoms with E-state index in [2.05, 4.69) is 10.3 Å². The summed E-state index contributed by atoms with van der Waals surface area (Å²) in [5.74, 6) is -0.892. The van der Waals surface area contributed by atoms with Gasteiger partial charge in [-0.25, -0.2) is 21.2 Å². The third-order valence-electron chi connectivity index (χ3n) is 8.16. The molecule has 1 spiro atoms. The highest BCUT2D eigenvalue weighted by atomic mass is 32.2. The number of fused-ring (bicyclic) bond motifs is 2. The lowest BCUT2D eigenvalue weighted by Gasteiger charge is -2.41. The number of halogens is 1. The molecule has 1 unspecified atom stereocenters. The highest BCUT2D eigenvalue weighted by Crippen LogP contribution is 2.59. The first kappa shape index (κ1) is 25.9. The number of anilines is 1. The molecular weight excluding hydrogens is 541 g/mol. The number of sulfone groups is 1. The number of aromatic nitrogens is 1. The predicted molar refractivity (Wildman–Crippen MR) is 144 cm³/mol. The van der Waals surface area contributed by atoms with Crippen molar-refractivity contribution in [3.8, 4) is 0 Å². The monoisotopic (exact) mass is 569 g/mol. The molecule has 11 heteroatoms. The first-order valence-corrected chi connectivity index (χ1v) is 16.2. The number of hydrogen-bond donors (Lipinski definition) is 1. The van der Waals surface area contributed by atoms with E-state index in [0.29, 0.717) is 22.5 Å². The average molecular weight is 570 g/mol. The van der Waals surface area contributed by atoms with E-state index in [1.807, 2.05) is 6.07 Å². The van der Waals surface area contributed by atoms with Gasteiger partial charge in [-0.2, -0.15) is 0 Å². The summed E-state index contributed by atoms with van der Waals surface area (Å²) in [4.78, 5) is 17.3. The van der Waals surface area contributed by atoms with Gasteiger partial charge in [-0.15, -0.1) is 0 Å². The van der Waals surface area contributed by atoms with Crippen LogP contribution in [0.5, 0.6) is 0 Å². The number of sulfonamides is 1. The van der Waals surface area contributed by atoms with E-state index in [9.17, 15) is 26.0 Å². The van der Waals surface area contributed by atoms with Gasteiger partial charge in [0, 0.05) is 17.2 Å². The molecule has 2 fully saturated rings. The second-order valence-electron chi connectivity index (χ2n) is 10.6. The maximum absolute atomic E-state index is 14.1. The first-order valence-electron chi connectivity index (χ1n) is 12.9. The zero-order valence-electron chi connectivity index (χ0n) is 21.1. The van der Waals surface area contributed by atoms with E-state index in [0.717, 1.165) is 25.0 Å². The molecule has 1 aromatic heterocycles. The van der Waals surface area contributed by atoms with Crippen molar-refractivity contribution < 1.29 is 26.0 Å². The van der Waals surface area contributed by atoms with Gasteiger partial charge in [0.1, 0.15) is 15.7 Å². The Morgan fingerprint density at radius 3 is 2.41 bits per heavy atom. The minimum absolute atomic E-state index is 0.0295. The Hall–Kier alpha value is -3.31. The van der Waals surface area contributed by atoms with E-state index < -0.39 is 37.1 Å². The van der Waals surface area contributed by atoms with Gasteiger partial charge in [0.05, 0.1) is 40.4 Å². The van der Waals surface area contributed by atoms with Crippen molar-refractivity contribution in [2.45, 2.75) is 48.6 Å². The van der Waals surface area contributed by atoms with Crippen LogP contribution in [-0.2, 0) is 31.8 Å². The van der Waals surface area contributed by atoms with Crippen molar-refractivity contribution in [3.63, 3.8) is 0 Å². The second kappa shape index (κ2) is 9.41. The number of nitrogens with zero attached hydrogens (tertiary/aromatic N) is 2. The molecule has 2 aromatic carbocycles. The highest BCUT2D eigenvalue weighted by molar-refractivity contribution is 7.93. The SMILES string of the molecule is O=C(NCc1ccccn1)c1ccc2c(c1)C1(CCS(=O)(=O)CC1)C(C1CC1)N2S(=O)(=O)c1ccc(F)cc1. The van der Waals surface area contributed by atoms with Gasteiger partial charge >= 0.3 is 0 Å². The fraction of sp³-hybridized carbons (Fsp3) is 0.357. The van der Waals surface area contributed by atoms with Gasteiger partial charge in [0.15, 0.2) is 0 Å². The van der Waals surface area contributed by atoms with Crippen molar-refractivity contribution >= 4 is 31.5 Å². The van der Waals surface area contributed by atoms with Gasteiger partial charge in [0.25, 0.3) is 15.9 Å². The van der Waals surface area contributed by atoms with E-state index in [4.69, 9.17) is 0 Å². The number of hydrogen-bond acceptors (Lipinski definition) is 6. The van der Waals surface area contributed by atoms with Crippen LogP contribution in [0.3, 0.4) is 0 Å². The van der Waals surface area contributed by atoms with Gasteiger partial charge < -0.3 is 5.32 Å². The highest BCUT2D eigenvalue weighted by Gasteiger charge is 2.60. The molecule has 3 aliphatic rings. The zero-order valence-corrected chi connectivity index (χ0v) is 22.7. The Morgan fingerprint density at radius 1 is 1.05 bits per heavy atom. The van der Waals surface area contributed by atoms with Crippen LogP contribution >= 0.6 is 0 Å². The van der Waals surface area contributed by atoms with Crippen LogP contribution in [0, 0.1) is 11.7 Å². The average Bonchev–Trinajstić information content (AvgIpc) is 3.72. The van der Waals surface area contributed by atoms with Crippen LogP contribution in [0.4, 0.5) is 10.1 Å². The second-order valence-corrected chi connectivity index (χ2v) is 14.7. The maximum Gasteiger partial charge on any atom is 0.264 e. The van der Waals surface area contributed by atoms with Gasteiger partial charge in [0.2, 0.25) is 0 Å². The summed E-state index contributed by atoms with van der Waals surface area (Å²) < 4.78 is 68.2. The summed E-state index contributed by atoms with van der Waals surface area (Å²) in [6, 6.07) is 14.7. The number of rotatable bonds is 6.